The first-order valence-corrected chi connectivity index (χ1v) is 9.65. The Morgan fingerprint density at radius 1 is 1.15 bits per heavy atom. The molecule has 1 unspecified atom stereocenters. The van der Waals surface area contributed by atoms with Crippen molar-refractivity contribution in [3.63, 3.8) is 0 Å². The molecule has 0 aliphatic rings. The van der Waals surface area contributed by atoms with Crippen molar-refractivity contribution >= 4 is 34.4 Å². The molecule has 7 heteroatoms. The van der Waals surface area contributed by atoms with E-state index in [-0.39, 0.29) is 11.7 Å². The van der Waals surface area contributed by atoms with Crippen LogP contribution < -0.4 is 5.32 Å². The van der Waals surface area contributed by atoms with E-state index in [1.54, 1.807) is 42.5 Å². The number of aromatic nitrogens is 1. The van der Waals surface area contributed by atoms with Gasteiger partial charge >= 0.3 is 0 Å². The third-order valence-corrected chi connectivity index (χ3v) is 5.25. The van der Waals surface area contributed by atoms with Crippen molar-refractivity contribution in [2.75, 3.05) is 5.32 Å². The van der Waals surface area contributed by atoms with Crippen LogP contribution in [0.1, 0.15) is 21.5 Å². The standard InChI is InChI=1S/C20H14ClN3O2S/c21-17-5-1-15(2-6-17)13-27(26)19-11-16(9-10-23-19)20(25)24-18-7-3-14(12-22)4-8-18/h1-11H,13H2,(H,24,25). The van der Waals surface area contributed by atoms with Crippen molar-refractivity contribution in [2.24, 2.45) is 0 Å². The maximum Gasteiger partial charge on any atom is 0.255 e. The molecule has 1 heterocycles. The number of hydrogen-bond acceptors (Lipinski definition) is 4. The van der Waals surface area contributed by atoms with Gasteiger partial charge in [-0.2, -0.15) is 5.26 Å². The maximum absolute atomic E-state index is 12.6. The summed E-state index contributed by atoms with van der Waals surface area (Å²) in [7, 11) is 0. The highest BCUT2D eigenvalue weighted by molar-refractivity contribution is 7.90. The highest BCUT2D eigenvalue weighted by atomic mass is 35.5. The zero-order valence-electron chi connectivity index (χ0n) is 14.1. The zero-order chi connectivity index (χ0) is 19.2. The number of benzene rings is 2. The smallest absolute Gasteiger partial charge is 0.255 e. The number of rotatable bonds is 5. The summed E-state index contributed by atoms with van der Waals surface area (Å²) in [5.41, 5.74) is 2.30. The number of carbonyl (C=O) groups is 1. The van der Waals surface area contributed by atoms with Gasteiger partial charge in [-0.15, -0.1) is 0 Å². The monoisotopic (exact) mass is 395 g/mol. The van der Waals surface area contributed by atoms with Gasteiger partial charge in [-0.25, -0.2) is 4.98 Å². The molecule has 3 aromatic rings. The minimum Gasteiger partial charge on any atom is -0.610 e. The first-order valence-electron chi connectivity index (χ1n) is 7.95. The number of pyridine rings is 1. The van der Waals surface area contributed by atoms with Gasteiger partial charge in [0.05, 0.1) is 11.6 Å². The second kappa shape index (κ2) is 8.69. The molecule has 1 aromatic heterocycles. The molecule has 2 aromatic carbocycles. The molecule has 134 valence electrons. The van der Waals surface area contributed by atoms with Crippen molar-refractivity contribution in [1.29, 1.82) is 5.26 Å². The van der Waals surface area contributed by atoms with Crippen LogP contribution >= 0.6 is 11.6 Å². The average Bonchev–Trinajstić information content (AvgIpc) is 2.70. The van der Waals surface area contributed by atoms with Gasteiger partial charge in [0.25, 0.3) is 5.91 Å². The summed E-state index contributed by atoms with van der Waals surface area (Å²) < 4.78 is 12.6. The molecule has 0 aliphatic heterocycles. The molecule has 3 rings (SSSR count). The number of carbonyl (C=O) groups excluding carboxylic acids is 1. The first kappa shape index (κ1) is 18.9. The fraction of sp³-hybridized carbons (Fsp3) is 0.0500. The van der Waals surface area contributed by atoms with E-state index in [4.69, 9.17) is 16.9 Å². The molecular formula is C20H14ClN3O2S. The minimum atomic E-state index is -1.39. The average molecular weight is 396 g/mol. The Hall–Kier alpha value is -2.85. The Balaban J connectivity index is 1.70. The number of nitrogens with one attached hydrogen (secondary N) is 1. The Labute approximate surface area is 164 Å². The van der Waals surface area contributed by atoms with Gasteiger partial charge in [-0.3, -0.25) is 4.79 Å². The van der Waals surface area contributed by atoms with Crippen molar-refractivity contribution in [1.82, 2.24) is 4.98 Å². The third-order valence-electron chi connectivity index (χ3n) is 3.71. The van der Waals surface area contributed by atoms with Gasteiger partial charge in [0, 0.05) is 45.3 Å². The molecule has 0 radical (unpaired) electrons. The topological polar surface area (TPSA) is 88.8 Å². The van der Waals surface area contributed by atoms with Crippen LogP contribution in [0.2, 0.25) is 5.02 Å². The van der Waals surface area contributed by atoms with Crippen LogP contribution in [0.3, 0.4) is 0 Å². The summed E-state index contributed by atoms with van der Waals surface area (Å²) in [6.45, 7) is 0. The van der Waals surface area contributed by atoms with Crippen molar-refractivity contribution < 1.29 is 9.35 Å². The number of amides is 1. The number of nitriles is 1. The lowest BCUT2D eigenvalue weighted by Crippen LogP contribution is -2.14. The highest BCUT2D eigenvalue weighted by Crippen LogP contribution is 2.18. The van der Waals surface area contributed by atoms with Gasteiger partial charge in [-0.05, 0) is 42.5 Å². The summed E-state index contributed by atoms with van der Waals surface area (Å²) >= 11 is 4.47. The number of halogens is 1. The predicted octanol–water partition coefficient (Wildman–Crippen LogP) is 4.17. The Morgan fingerprint density at radius 3 is 2.52 bits per heavy atom. The molecule has 0 saturated carbocycles. The molecule has 0 bridgehead atoms. The lowest BCUT2D eigenvalue weighted by atomic mass is 10.2. The number of hydrogen-bond donors (Lipinski definition) is 1. The Bertz CT molecular complexity index is 985. The van der Waals surface area contributed by atoms with E-state index in [0.717, 1.165) is 5.56 Å². The van der Waals surface area contributed by atoms with Crippen molar-refractivity contribution in [3.05, 3.63) is 88.6 Å². The van der Waals surface area contributed by atoms with E-state index in [2.05, 4.69) is 10.3 Å². The second-order valence-corrected chi connectivity index (χ2v) is 7.48. The van der Waals surface area contributed by atoms with Gasteiger partial charge in [-0.1, -0.05) is 23.7 Å². The minimum absolute atomic E-state index is 0.283. The summed E-state index contributed by atoms with van der Waals surface area (Å²) in [5, 5.41) is 12.5. The first-order chi connectivity index (χ1) is 13.0. The van der Waals surface area contributed by atoms with E-state index < -0.39 is 11.2 Å². The van der Waals surface area contributed by atoms with Crippen LogP contribution in [0.5, 0.6) is 0 Å². The molecular weight excluding hydrogens is 382 g/mol. The summed E-state index contributed by atoms with van der Waals surface area (Å²) in [5.74, 6) is -0.0583. The molecule has 0 fully saturated rings. The molecule has 0 aliphatic carbocycles. The van der Waals surface area contributed by atoms with E-state index >= 15 is 0 Å². The Kier molecular flexibility index (Phi) is 6.09. The Morgan fingerprint density at radius 2 is 1.85 bits per heavy atom. The molecule has 0 saturated heterocycles. The fourth-order valence-corrected chi connectivity index (χ4v) is 3.52. The molecule has 1 atom stereocenters. The lowest BCUT2D eigenvalue weighted by Gasteiger charge is -2.11. The van der Waals surface area contributed by atoms with Gasteiger partial charge in [0.15, 0.2) is 0 Å². The fourth-order valence-electron chi connectivity index (χ4n) is 2.31. The zero-order valence-corrected chi connectivity index (χ0v) is 15.6. The summed E-state index contributed by atoms with van der Waals surface area (Å²) in [4.78, 5) is 16.5. The van der Waals surface area contributed by atoms with Crippen LogP contribution in [-0.4, -0.2) is 15.4 Å². The maximum atomic E-state index is 12.6. The largest absolute Gasteiger partial charge is 0.610 e. The van der Waals surface area contributed by atoms with Crippen molar-refractivity contribution in [3.8, 4) is 6.07 Å². The van der Waals surface area contributed by atoms with E-state index in [9.17, 15) is 9.35 Å². The van der Waals surface area contributed by atoms with Gasteiger partial charge in [0.1, 0.15) is 5.75 Å². The molecule has 27 heavy (non-hydrogen) atoms. The van der Waals surface area contributed by atoms with E-state index in [1.165, 1.54) is 12.3 Å². The van der Waals surface area contributed by atoms with Crippen LogP contribution in [0.25, 0.3) is 0 Å². The molecule has 5 nitrogen and oxygen atoms in total. The second-order valence-electron chi connectivity index (χ2n) is 5.64. The van der Waals surface area contributed by atoms with Crippen LogP contribution in [-0.2, 0) is 16.9 Å². The van der Waals surface area contributed by atoms with E-state index in [1.807, 2.05) is 18.2 Å². The highest BCUT2D eigenvalue weighted by Gasteiger charge is 2.17. The van der Waals surface area contributed by atoms with E-state index in [0.29, 0.717) is 26.9 Å². The summed E-state index contributed by atoms with van der Waals surface area (Å²) in [6, 6.07) is 18.7. The van der Waals surface area contributed by atoms with Crippen LogP contribution in [0.15, 0.2) is 71.9 Å². The quantitative estimate of drug-likeness (QED) is 0.656. The molecule has 1 N–H and O–H groups in total. The predicted molar refractivity (Wildman–Crippen MR) is 105 cm³/mol. The summed E-state index contributed by atoms with van der Waals surface area (Å²) in [6.07, 6.45) is 1.46. The van der Waals surface area contributed by atoms with Crippen molar-refractivity contribution in [2.45, 2.75) is 10.8 Å². The normalized spacial score (nSPS) is 11.4. The number of nitrogens with zero attached hydrogens (tertiary/aromatic N) is 2. The third kappa shape index (κ3) is 5.08. The van der Waals surface area contributed by atoms with Gasteiger partial charge in [0.2, 0.25) is 5.03 Å². The van der Waals surface area contributed by atoms with Gasteiger partial charge < -0.3 is 9.87 Å². The van der Waals surface area contributed by atoms with Crippen LogP contribution in [0.4, 0.5) is 5.69 Å². The lowest BCUT2D eigenvalue weighted by molar-refractivity contribution is 0.102. The molecule has 1 amide bonds. The molecule has 0 spiro atoms. The number of anilines is 1. The SMILES string of the molecule is N#Cc1ccc(NC(=O)c2ccnc([S+]([O-])Cc3ccc(Cl)cc3)c2)cc1. The van der Waals surface area contributed by atoms with Crippen LogP contribution in [0, 0.1) is 11.3 Å².